The van der Waals surface area contributed by atoms with Gasteiger partial charge in [-0.25, -0.2) is 0 Å². The third-order valence-electron chi connectivity index (χ3n) is 3.74. The van der Waals surface area contributed by atoms with Crippen LogP contribution in [0.2, 0.25) is 0 Å². The average Bonchev–Trinajstić information content (AvgIpc) is 2.42. The molecule has 0 aliphatic carbocycles. The number of ether oxygens (including phenoxy) is 1. The normalized spacial score (nSPS) is 23.0. The number of benzene rings is 1. The predicted molar refractivity (Wildman–Crippen MR) is 70.2 cm³/mol. The van der Waals surface area contributed by atoms with Gasteiger partial charge in [-0.2, -0.15) is 0 Å². The molecule has 4 nitrogen and oxygen atoms in total. The molecule has 0 atom stereocenters. The lowest BCUT2D eigenvalue weighted by molar-refractivity contribution is -1.02. The third-order valence-corrected chi connectivity index (χ3v) is 3.74. The second kappa shape index (κ2) is 7.11. The van der Waals surface area contributed by atoms with Crippen LogP contribution in [0.5, 0.6) is 5.75 Å². The van der Waals surface area contributed by atoms with Crippen molar-refractivity contribution in [2.45, 2.75) is 12.9 Å². The number of alkyl halides is 3. The Labute approximate surface area is 121 Å². The number of aliphatic hydroxyl groups is 1. The highest BCUT2D eigenvalue weighted by molar-refractivity contribution is 5.26. The SMILES string of the molecule is OCC[NH+]1CC[NH+](Cc2ccc(OC(F)(F)F)cc2)CC1. The Balaban J connectivity index is 1.81. The Morgan fingerprint density at radius 2 is 1.57 bits per heavy atom. The number of hydrogen-bond acceptors (Lipinski definition) is 2. The molecule has 3 N–H and O–H groups in total. The standard InChI is InChI=1S/C14H19F3N2O2/c15-14(16,17)21-13-3-1-12(2-4-13)11-19-7-5-18(6-8-19)9-10-20/h1-4,20H,5-11H2/p+2. The van der Waals surface area contributed by atoms with Crippen LogP contribution < -0.4 is 14.5 Å². The van der Waals surface area contributed by atoms with Crippen LogP contribution in [0.1, 0.15) is 5.56 Å². The summed E-state index contributed by atoms with van der Waals surface area (Å²) in [6, 6.07) is 6.08. The van der Waals surface area contributed by atoms with Gasteiger partial charge in [0.15, 0.2) is 0 Å². The molecule has 0 unspecified atom stereocenters. The van der Waals surface area contributed by atoms with Crippen LogP contribution in [-0.4, -0.2) is 50.8 Å². The van der Waals surface area contributed by atoms with E-state index in [0.29, 0.717) is 0 Å². The van der Waals surface area contributed by atoms with E-state index in [1.54, 1.807) is 12.1 Å². The van der Waals surface area contributed by atoms with E-state index < -0.39 is 6.36 Å². The molecule has 0 saturated carbocycles. The molecule has 0 amide bonds. The highest BCUT2D eigenvalue weighted by Gasteiger charge is 2.31. The van der Waals surface area contributed by atoms with Crippen molar-refractivity contribution in [3.05, 3.63) is 29.8 Å². The fourth-order valence-electron chi connectivity index (χ4n) is 2.64. The molecule has 118 valence electrons. The molecule has 1 fully saturated rings. The first-order valence-corrected chi connectivity index (χ1v) is 7.09. The topological polar surface area (TPSA) is 38.3 Å². The van der Waals surface area contributed by atoms with Crippen molar-refractivity contribution >= 4 is 0 Å². The van der Waals surface area contributed by atoms with Gasteiger partial charge in [0.25, 0.3) is 0 Å². The van der Waals surface area contributed by atoms with E-state index in [9.17, 15) is 13.2 Å². The molecule has 0 aromatic heterocycles. The van der Waals surface area contributed by atoms with Crippen molar-refractivity contribution in [2.24, 2.45) is 0 Å². The first-order valence-electron chi connectivity index (χ1n) is 7.09. The second-order valence-electron chi connectivity index (χ2n) is 5.34. The zero-order chi connectivity index (χ0) is 15.3. The van der Waals surface area contributed by atoms with Gasteiger partial charge in [-0.1, -0.05) is 0 Å². The summed E-state index contributed by atoms with van der Waals surface area (Å²) in [5, 5.41) is 8.91. The number of quaternary nitrogens is 2. The Bertz CT molecular complexity index is 429. The predicted octanol–water partition coefficient (Wildman–Crippen LogP) is -1.14. The number of aliphatic hydroxyl groups excluding tert-OH is 1. The molecular weight excluding hydrogens is 285 g/mol. The number of hydrogen-bond donors (Lipinski definition) is 3. The van der Waals surface area contributed by atoms with Gasteiger partial charge in [0, 0.05) is 5.56 Å². The van der Waals surface area contributed by atoms with E-state index >= 15 is 0 Å². The summed E-state index contributed by atoms with van der Waals surface area (Å²) in [5.41, 5.74) is 1.00. The largest absolute Gasteiger partial charge is 0.573 e. The summed E-state index contributed by atoms with van der Waals surface area (Å²) in [6.45, 7) is 5.86. The molecular formula is C14H21F3N2O2+2. The van der Waals surface area contributed by atoms with E-state index in [4.69, 9.17) is 5.11 Å². The Morgan fingerprint density at radius 1 is 1.00 bits per heavy atom. The fourth-order valence-corrected chi connectivity index (χ4v) is 2.64. The molecule has 1 heterocycles. The molecule has 1 saturated heterocycles. The molecule has 1 aliphatic heterocycles. The average molecular weight is 306 g/mol. The van der Waals surface area contributed by atoms with E-state index in [0.717, 1.165) is 44.8 Å². The molecule has 0 bridgehead atoms. The third kappa shape index (κ3) is 5.53. The fraction of sp³-hybridized carbons (Fsp3) is 0.571. The van der Waals surface area contributed by atoms with Crippen molar-refractivity contribution in [2.75, 3.05) is 39.3 Å². The maximum Gasteiger partial charge on any atom is 0.573 e. The van der Waals surface area contributed by atoms with Gasteiger partial charge in [-0.3, -0.25) is 0 Å². The maximum absolute atomic E-state index is 12.1. The van der Waals surface area contributed by atoms with Crippen molar-refractivity contribution in [1.82, 2.24) is 0 Å². The quantitative estimate of drug-likeness (QED) is 0.643. The van der Waals surface area contributed by atoms with Crippen molar-refractivity contribution in [1.29, 1.82) is 0 Å². The highest BCUT2D eigenvalue weighted by atomic mass is 19.4. The van der Waals surface area contributed by atoms with Crippen molar-refractivity contribution in [3.63, 3.8) is 0 Å². The van der Waals surface area contributed by atoms with Gasteiger partial charge in [0.1, 0.15) is 45.0 Å². The smallest absolute Gasteiger partial charge is 0.406 e. The molecule has 7 heteroatoms. The summed E-state index contributed by atoms with van der Waals surface area (Å²) in [5.74, 6) is -0.182. The first-order chi connectivity index (χ1) is 9.96. The number of halogens is 3. The zero-order valence-corrected chi connectivity index (χ0v) is 11.7. The molecule has 2 rings (SSSR count). The van der Waals surface area contributed by atoms with Crippen LogP contribution in [0.25, 0.3) is 0 Å². The Kier molecular flexibility index (Phi) is 5.44. The van der Waals surface area contributed by atoms with Gasteiger partial charge in [0.05, 0.1) is 6.61 Å². The van der Waals surface area contributed by atoms with Gasteiger partial charge in [0.2, 0.25) is 0 Å². The molecule has 1 aromatic carbocycles. The van der Waals surface area contributed by atoms with Crippen LogP contribution in [0, 0.1) is 0 Å². The zero-order valence-electron chi connectivity index (χ0n) is 11.7. The van der Waals surface area contributed by atoms with Crippen LogP contribution in [-0.2, 0) is 6.54 Å². The minimum absolute atomic E-state index is 0.182. The summed E-state index contributed by atoms with van der Waals surface area (Å²) >= 11 is 0. The summed E-state index contributed by atoms with van der Waals surface area (Å²) < 4.78 is 40.1. The Morgan fingerprint density at radius 3 is 2.10 bits per heavy atom. The number of nitrogens with one attached hydrogen (secondary N) is 2. The van der Waals surface area contributed by atoms with Crippen LogP contribution in [0.4, 0.5) is 13.2 Å². The molecule has 21 heavy (non-hydrogen) atoms. The molecule has 1 aromatic rings. The minimum Gasteiger partial charge on any atom is -0.406 e. The highest BCUT2D eigenvalue weighted by Crippen LogP contribution is 2.22. The summed E-state index contributed by atoms with van der Waals surface area (Å²) in [4.78, 5) is 2.83. The molecule has 1 aliphatic rings. The van der Waals surface area contributed by atoms with E-state index in [-0.39, 0.29) is 12.4 Å². The molecule has 0 radical (unpaired) electrons. The second-order valence-corrected chi connectivity index (χ2v) is 5.34. The summed E-state index contributed by atoms with van der Waals surface area (Å²) in [7, 11) is 0. The van der Waals surface area contributed by atoms with Crippen LogP contribution in [0.3, 0.4) is 0 Å². The van der Waals surface area contributed by atoms with Gasteiger partial charge < -0.3 is 19.6 Å². The summed E-state index contributed by atoms with van der Waals surface area (Å²) in [6.07, 6.45) is -4.64. The Hall–Kier alpha value is -1.31. The maximum atomic E-state index is 12.1. The van der Waals surface area contributed by atoms with E-state index in [2.05, 4.69) is 4.74 Å². The lowest BCUT2D eigenvalue weighted by Crippen LogP contribution is -3.27. The van der Waals surface area contributed by atoms with E-state index in [1.165, 1.54) is 21.9 Å². The van der Waals surface area contributed by atoms with E-state index in [1.807, 2.05) is 0 Å². The van der Waals surface area contributed by atoms with Crippen LogP contribution >= 0.6 is 0 Å². The first kappa shape index (κ1) is 16.1. The van der Waals surface area contributed by atoms with Crippen molar-refractivity contribution in [3.8, 4) is 5.75 Å². The monoisotopic (exact) mass is 306 g/mol. The molecule has 0 spiro atoms. The lowest BCUT2D eigenvalue weighted by Gasteiger charge is -2.29. The van der Waals surface area contributed by atoms with Crippen molar-refractivity contribution < 1.29 is 32.8 Å². The van der Waals surface area contributed by atoms with Gasteiger partial charge in [-0.05, 0) is 24.3 Å². The minimum atomic E-state index is -4.64. The number of piperazine rings is 1. The van der Waals surface area contributed by atoms with Gasteiger partial charge >= 0.3 is 6.36 Å². The number of rotatable bonds is 5. The lowest BCUT2D eigenvalue weighted by atomic mass is 10.2. The van der Waals surface area contributed by atoms with Crippen LogP contribution in [0.15, 0.2) is 24.3 Å². The van der Waals surface area contributed by atoms with Gasteiger partial charge in [-0.15, -0.1) is 13.2 Å².